The predicted octanol–water partition coefficient (Wildman–Crippen LogP) is 2.68. The molecule has 2 aromatic heterocycles. The Morgan fingerprint density at radius 2 is 2.04 bits per heavy atom. The topological polar surface area (TPSA) is 93.1 Å². The highest BCUT2D eigenvalue weighted by Crippen LogP contribution is 2.34. The van der Waals surface area contributed by atoms with E-state index in [-0.39, 0.29) is 11.3 Å². The van der Waals surface area contributed by atoms with E-state index in [1.807, 2.05) is 13.8 Å². The summed E-state index contributed by atoms with van der Waals surface area (Å²) >= 11 is 2.79. The van der Waals surface area contributed by atoms with E-state index in [4.69, 9.17) is 0 Å². The number of fused-ring (bicyclic) bond motifs is 3. The molecule has 0 atom stereocenters. The largest absolute Gasteiger partial charge is 0.338 e. The molecule has 2 N–H and O–H groups in total. The molecular weight excluding hydrogens is 384 g/mol. The number of hydrogen-bond donors (Lipinski definition) is 2. The lowest BCUT2D eigenvalue weighted by atomic mass is 9.97. The standard InChI is InChI=1S/C18H24N4O3S2/c1-3-9-19-17(25)20-13(23)10-26-18-21-15-14(16(24)22(18)4-2)11-7-5-6-8-12(11)27-15/h3-10H2,1-2H3,(H2,19,20,23,25). The van der Waals surface area contributed by atoms with Gasteiger partial charge in [-0.25, -0.2) is 9.78 Å². The molecule has 27 heavy (non-hydrogen) atoms. The number of aromatic nitrogens is 2. The number of aryl methyl sites for hydroxylation is 2. The lowest BCUT2D eigenvalue weighted by molar-refractivity contribution is -0.117. The van der Waals surface area contributed by atoms with Crippen LogP contribution in [0.3, 0.4) is 0 Å². The first-order chi connectivity index (χ1) is 13.0. The van der Waals surface area contributed by atoms with Gasteiger partial charge in [-0.1, -0.05) is 18.7 Å². The number of thiophene rings is 1. The van der Waals surface area contributed by atoms with Gasteiger partial charge in [-0.15, -0.1) is 11.3 Å². The number of urea groups is 1. The van der Waals surface area contributed by atoms with Crippen molar-refractivity contribution >= 4 is 45.3 Å². The second-order valence-electron chi connectivity index (χ2n) is 6.43. The zero-order valence-electron chi connectivity index (χ0n) is 15.6. The van der Waals surface area contributed by atoms with Crippen LogP contribution in [0.15, 0.2) is 9.95 Å². The average Bonchev–Trinajstić information content (AvgIpc) is 3.03. The maximum absolute atomic E-state index is 13.0. The van der Waals surface area contributed by atoms with Gasteiger partial charge in [0.2, 0.25) is 5.91 Å². The Hall–Kier alpha value is -1.87. The van der Waals surface area contributed by atoms with Crippen molar-refractivity contribution < 1.29 is 9.59 Å². The molecule has 0 unspecified atom stereocenters. The van der Waals surface area contributed by atoms with Gasteiger partial charge in [-0.05, 0) is 44.6 Å². The van der Waals surface area contributed by atoms with Crippen molar-refractivity contribution in [3.8, 4) is 0 Å². The SMILES string of the molecule is CCCNC(=O)NC(=O)CSc1nc2sc3c(c2c(=O)n1CC)CCCC3. The zero-order valence-corrected chi connectivity index (χ0v) is 17.2. The Balaban J connectivity index is 1.79. The summed E-state index contributed by atoms with van der Waals surface area (Å²) in [6.07, 6.45) is 5.02. The van der Waals surface area contributed by atoms with Crippen molar-refractivity contribution in [2.45, 2.75) is 57.7 Å². The average molecular weight is 409 g/mol. The van der Waals surface area contributed by atoms with E-state index in [0.717, 1.165) is 42.3 Å². The Kier molecular flexibility index (Phi) is 6.54. The Morgan fingerprint density at radius 3 is 2.78 bits per heavy atom. The predicted molar refractivity (Wildman–Crippen MR) is 109 cm³/mol. The van der Waals surface area contributed by atoms with Gasteiger partial charge in [0.05, 0.1) is 11.1 Å². The monoisotopic (exact) mass is 408 g/mol. The van der Waals surface area contributed by atoms with Gasteiger partial charge in [0.25, 0.3) is 5.56 Å². The molecule has 9 heteroatoms. The highest BCUT2D eigenvalue weighted by atomic mass is 32.2. The molecule has 0 fully saturated rings. The van der Waals surface area contributed by atoms with Crippen LogP contribution in [0.1, 0.15) is 43.6 Å². The smallest absolute Gasteiger partial charge is 0.321 e. The molecule has 0 saturated heterocycles. The minimum Gasteiger partial charge on any atom is -0.338 e. The maximum Gasteiger partial charge on any atom is 0.321 e. The minimum absolute atomic E-state index is 0.0227. The first kappa shape index (κ1) is 19.9. The van der Waals surface area contributed by atoms with Crippen LogP contribution in [-0.2, 0) is 24.2 Å². The Bertz CT molecular complexity index is 919. The quantitative estimate of drug-likeness (QED) is 0.566. The Morgan fingerprint density at radius 1 is 1.26 bits per heavy atom. The van der Waals surface area contributed by atoms with Crippen LogP contribution in [0.4, 0.5) is 4.79 Å². The number of nitrogens with one attached hydrogen (secondary N) is 2. The lowest BCUT2D eigenvalue weighted by Gasteiger charge is -2.12. The van der Waals surface area contributed by atoms with E-state index in [9.17, 15) is 14.4 Å². The Labute approximate surface area is 165 Å². The number of amides is 3. The van der Waals surface area contributed by atoms with E-state index < -0.39 is 11.9 Å². The zero-order chi connectivity index (χ0) is 19.4. The third kappa shape index (κ3) is 4.35. The van der Waals surface area contributed by atoms with E-state index >= 15 is 0 Å². The molecule has 3 rings (SSSR count). The van der Waals surface area contributed by atoms with E-state index in [2.05, 4.69) is 15.6 Å². The normalized spacial score (nSPS) is 13.4. The molecule has 0 spiro atoms. The fourth-order valence-electron chi connectivity index (χ4n) is 3.18. The minimum atomic E-state index is -0.496. The molecule has 2 aromatic rings. The molecule has 0 radical (unpaired) electrons. The summed E-state index contributed by atoms with van der Waals surface area (Å²) in [5.74, 6) is -0.376. The number of nitrogens with zero attached hydrogens (tertiary/aromatic N) is 2. The molecule has 1 aliphatic rings. The van der Waals surface area contributed by atoms with Gasteiger partial charge in [0.15, 0.2) is 5.16 Å². The van der Waals surface area contributed by atoms with Gasteiger partial charge < -0.3 is 5.32 Å². The molecule has 146 valence electrons. The van der Waals surface area contributed by atoms with Crippen molar-refractivity contribution in [3.63, 3.8) is 0 Å². The van der Waals surface area contributed by atoms with Crippen LogP contribution >= 0.6 is 23.1 Å². The molecule has 3 amide bonds. The summed E-state index contributed by atoms with van der Waals surface area (Å²) < 4.78 is 1.62. The molecule has 7 nitrogen and oxygen atoms in total. The summed E-state index contributed by atoms with van der Waals surface area (Å²) in [4.78, 5) is 43.3. The van der Waals surface area contributed by atoms with Gasteiger partial charge >= 0.3 is 6.03 Å². The third-order valence-corrected chi connectivity index (χ3v) is 6.64. The molecule has 0 aromatic carbocycles. The number of rotatable bonds is 6. The van der Waals surface area contributed by atoms with Crippen LogP contribution in [0.25, 0.3) is 10.2 Å². The summed E-state index contributed by atoms with van der Waals surface area (Å²) in [6.45, 7) is 4.85. The van der Waals surface area contributed by atoms with Crippen molar-refractivity contribution in [2.75, 3.05) is 12.3 Å². The van der Waals surface area contributed by atoms with Crippen LogP contribution in [-0.4, -0.2) is 33.8 Å². The second-order valence-corrected chi connectivity index (χ2v) is 8.45. The van der Waals surface area contributed by atoms with Gasteiger partial charge in [-0.3, -0.25) is 19.5 Å². The summed E-state index contributed by atoms with van der Waals surface area (Å²) in [6, 6.07) is -0.496. The first-order valence-electron chi connectivity index (χ1n) is 9.30. The van der Waals surface area contributed by atoms with Crippen LogP contribution in [0, 0.1) is 0 Å². The number of hydrogen-bond acceptors (Lipinski definition) is 6. The maximum atomic E-state index is 13.0. The highest BCUT2D eigenvalue weighted by Gasteiger charge is 2.22. The van der Waals surface area contributed by atoms with Crippen molar-refractivity contribution in [3.05, 3.63) is 20.8 Å². The molecule has 0 aliphatic heterocycles. The number of thioether (sulfide) groups is 1. The fourth-order valence-corrected chi connectivity index (χ4v) is 5.35. The molecule has 0 saturated carbocycles. The highest BCUT2D eigenvalue weighted by molar-refractivity contribution is 7.99. The number of carbonyl (C=O) groups is 2. The van der Waals surface area contributed by atoms with Gasteiger partial charge in [0.1, 0.15) is 4.83 Å². The van der Waals surface area contributed by atoms with Crippen LogP contribution in [0.5, 0.6) is 0 Å². The van der Waals surface area contributed by atoms with E-state index in [1.165, 1.54) is 22.2 Å². The fraction of sp³-hybridized carbons (Fsp3) is 0.556. The third-order valence-electron chi connectivity index (χ3n) is 4.48. The van der Waals surface area contributed by atoms with E-state index in [0.29, 0.717) is 18.2 Å². The van der Waals surface area contributed by atoms with Crippen molar-refractivity contribution in [2.24, 2.45) is 0 Å². The molecule has 1 aliphatic carbocycles. The summed E-state index contributed by atoms with van der Waals surface area (Å²) in [5, 5.41) is 6.17. The lowest BCUT2D eigenvalue weighted by Crippen LogP contribution is -2.40. The second kappa shape index (κ2) is 8.88. The van der Waals surface area contributed by atoms with Gasteiger partial charge in [0, 0.05) is 18.0 Å². The number of imide groups is 1. The summed E-state index contributed by atoms with van der Waals surface area (Å²) in [5.41, 5.74) is 1.15. The molecular formula is C18H24N4O3S2. The molecule has 2 heterocycles. The van der Waals surface area contributed by atoms with Crippen LogP contribution in [0.2, 0.25) is 0 Å². The van der Waals surface area contributed by atoms with Crippen LogP contribution < -0.4 is 16.2 Å². The molecule has 0 bridgehead atoms. The van der Waals surface area contributed by atoms with E-state index in [1.54, 1.807) is 15.9 Å². The van der Waals surface area contributed by atoms with Crippen molar-refractivity contribution in [1.29, 1.82) is 0 Å². The van der Waals surface area contributed by atoms with Crippen molar-refractivity contribution in [1.82, 2.24) is 20.2 Å². The summed E-state index contributed by atoms with van der Waals surface area (Å²) in [7, 11) is 0. The van der Waals surface area contributed by atoms with Gasteiger partial charge in [-0.2, -0.15) is 0 Å². The first-order valence-corrected chi connectivity index (χ1v) is 11.1. The number of carbonyl (C=O) groups excluding carboxylic acids is 2.